The van der Waals surface area contributed by atoms with Gasteiger partial charge in [0.1, 0.15) is 0 Å². The van der Waals surface area contributed by atoms with E-state index in [0.717, 1.165) is 0 Å². The van der Waals surface area contributed by atoms with Crippen molar-refractivity contribution >= 4 is 37.0 Å². The molecule has 0 aromatic carbocycles. The second-order valence-electron chi connectivity index (χ2n) is 4.62. The van der Waals surface area contributed by atoms with E-state index in [9.17, 15) is 0 Å². The molecule has 1 radical (unpaired) electrons. The second kappa shape index (κ2) is 0.533. The van der Waals surface area contributed by atoms with Crippen molar-refractivity contribution < 1.29 is 41.3 Å². The van der Waals surface area contributed by atoms with Gasteiger partial charge in [0.05, 0.1) is 0 Å². The normalized spacial score (nSPS) is 48.0. The van der Waals surface area contributed by atoms with Crippen molar-refractivity contribution in [3.8, 4) is 0 Å². The predicted molar refractivity (Wildman–Crippen MR) is 34.5 cm³/mol. The fourth-order valence-electron chi connectivity index (χ4n) is 5.80. The average Bonchev–Trinajstić information content (AvgIpc) is 2.12. The Morgan fingerprint density at radius 1 is 0.714 bits per heavy atom. The molecule has 0 aliphatic carbocycles. The molecule has 7 heteroatoms. The molecule has 4 aliphatic heterocycles. The zero-order valence-corrected chi connectivity index (χ0v) is 7.75. The molecule has 23 valence electrons. The van der Waals surface area contributed by atoms with Crippen LogP contribution in [0, 0.1) is 41.3 Å². The Labute approximate surface area is 77.2 Å². The molecule has 0 aromatic rings. The Bertz CT molecular complexity index is 149. The summed E-state index contributed by atoms with van der Waals surface area (Å²) in [6.07, 6.45) is 6.00. The van der Waals surface area contributed by atoms with Gasteiger partial charge in [0.25, 0.3) is 0 Å². The summed E-state index contributed by atoms with van der Waals surface area (Å²) in [5.74, 6) is 0. The van der Waals surface area contributed by atoms with Crippen molar-refractivity contribution in [1.29, 1.82) is 0 Å². The summed E-state index contributed by atoms with van der Waals surface area (Å²) < 4.78 is 0. The van der Waals surface area contributed by atoms with E-state index >= 15 is 0 Å². The molecule has 2 spiro atoms. The van der Waals surface area contributed by atoms with E-state index in [1.54, 1.807) is 0 Å². The molecule has 4 rings (SSSR count). The first-order chi connectivity index (χ1) is 2.98. The molecule has 0 amide bonds. The quantitative estimate of drug-likeness (QED) is 0.391. The topological polar surface area (TPSA) is 0 Å². The zero-order valence-electron chi connectivity index (χ0n) is 4.04. The molecule has 4 fully saturated rings. The van der Waals surface area contributed by atoms with Crippen molar-refractivity contribution in [2.75, 3.05) is 0 Å². The molecule has 0 unspecified atom stereocenters. The molecule has 0 nitrogen and oxygen atoms in total. The van der Waals surface area contributed by atoms with Crippen LogP contribution >= 0.6 is 0 Å². The van der Waals surface area contributed by atoms with Gasteiger partial charge < -0.3 is 25.5 Å². The largest absolute Gasteiger partial charge is 0.364 e. The van der Waals surface area contributed by atoms with Gasteiger partial charge in [0.2, 0.25) is 0 Å². The second-order valence-corrected chi connectivity index (χ2v) is 4.62. The van der Waals surface area contributed by atoms with Gasteiger partial charge >= 0.3 is 0 Å². The minimum atomic E-state index is 0. The summed E-state index contributed by atoms with van der Waals surface area (Å²) in [5, 5.41) is 0. The SMILES string of the molecule is B12B3[B-]14B1B4[B-]231.[Pr]. The molecule has 0 N–H and O–H groups in total. The summed E-state index contributed by atoms with van der Waals surface area (Å²) >= 11 is 0. The van der Waals surface area contributed by atoms with Crippen LogP contribution in [0.2, 0.25) is 0 Å². The predicted octanol–water partition coefficient (Wildman–Crippen LogP) is -2.28. The number of rotatable bonds is 0. The first-order valence-corrected chi connectivity index (χ1v) is 3.33. The van der Waals surface area contributed by atoms with Crippen molar-refractivity contribution in [3.63, 3.8) is 0 Å². The van der Waals surface area contributed by atoms with Crippen LogP contribution in [0.15, 0.2) is 0 Å². The summed E-state index contributed by atoms with van der Waals surface area (Å²) in [5.41, 5.74) is 1.33. The van der Waals surface area contributed by atoms with Crippen LogP contribution in [0.4, 0.5) is 0 Å². The van der Waals surface area contributed by atoms with E-state index in [1.165, 1.54) is 25.5 Å². The van der Waals surface area contributed by atoms with Crippen LogP contribution in [0.5, 0.6) is 0 Å². The summed E-state index contributed by atoms with van der Waals surface area (Å²) in [6, 6.07) is 0. The van der Waals surface area contributed by atoms with Crippen LogP contribution in [0.1, 0.15) is 0 Å². The Morgan fingerprint density at radius 3 is 1.00 bits per heavy atom. The molecular weight excluding hydrogens is 206 g/mol. The van der Waals surface area contributed by atoms with Gasteiger partial charge in [-0.05, 0) is 0 Å². The van der Waals surface area contributed by atoms with Crippen molar-refractivity contribution in [2.45, 2.75) is 0 Å². The summed E-state index contributed by atoms with van der Waals surface area (Å²) in [6.45, 7) is 0. The van der Waals surface area contributed by atoms with E-state index in [1.807, 2.05) is 0 Å². The maximum Gasteiger partial charge on any atom is 0 e. The number of fused-ring (bicyclic) bond motifs is 10. The Balaban J connectivity index is 0.000000200. The van der Waals surface area contributed by atoms with Crippen LogP contribution in [-0.2, 0) is 0 Å². The molecule has 0 saturated carbocycles. The first-order valence-electron chi connectivity index (χ1n) is 3.33. The van der Waals surface area contributed by atoms with E-state index in [4.69, 9.17) is 0 Å². The Hall–Kier alpha value is 1.75. The van der Waals surface area contributed by atoms with Gasteiger partial charge in [-0.2, -0.15) is 0 Å². The van der Waals surface area contributed by atoms with Crippen LogP contribution in [-0.4, -0.2) is 37.0 Å². The zero-order chi connectivity index (χ0) is 3.31. The molecule has 0 aromatic heterocycles. The third-order valence-electron chi connectivity index (χ3n) is 5.66. The standard InChI is InChI=1S/B6.Pr/c1-2-5(1)3-4(5)6(1,2)3;/q-2;. The molecule has 0 bridgehead atoms. The third kappa shape index (κ3) is 0.104. The number of hydrogen-bond acceptors (Lipinski definition) is 0. The Kier molecular flexibility index (Phi) is 0.290. The Morgan fingerprint density at radius 2 is 1.00 bits per heavy atom. The number of hydrogen-bond donors (Lipinski definition) is 0. The summed E-state index contributed by atoms with van der Waals surface area (Å²) in [4.78, 5) is 0. The van der Waals surface area contributed by atoms with Crippen LogP contribution in [0.25, 0.3) is 0 Å². The molecule has 4 saturated heterocycles. The van der Waals surface area contributed by atoms with Gasteiger partial charge in [-0.3, -0.25) is 11.4 Å². The molecule has 7 heavy (non-hydrogen) atoms. The maximum atomic E-state index is 1.50. The van der Waals surface area contributed by atoms with Gasteiger partial charge in [0.15, 0.2) is 0 Å². The monoisotopic (exact) mass is 207 g/mol. The third-order valence-corrected chi connectivity index (χ3v) is 5.66. The minimum Gasteiger partial charge on any atom is -0.364 e. The van der Waals surface area contributed by atoms with E-state index in [0.29, 0.717) is 11.4 Å². The molecule has 4 heterocycles. The smallest absolute Gasteiger partial charge is 0 e. The van der Waals surface area contributed by atoms with Crippen LogP contribution in [0.3, 0.4) is 0 Å². The molecule has 0 atom stereocenters. The van der Waals surface area contributed by atoms with E-state index in [2.05, 4.69) is 0 Å². The fraction of sp³-hybridized carbons (Fsp3) is 0. The van der Waals surface area contributed by atoms with Crippen molar-refractivity contribution in [3.05, 3.63) is 0 Å². The fourth-order valence-corrected chi connectivity index (χ4v) is 5.80. The molecule has 4 aliphatic rings. The van der Waals surface area contributed by atoms with Crippen molar-refractivity contribution in [2.24, 2.45) is 0 Å². The maximum absolute atomic E-state index is 1.50. The average molecular weight is 206 g/mol. The van der Waals surface area contributed by atoms with Crippen molar-refractivity contribution in [1.82, 2.24) is 0 Å². The van der Waals surface area contributed by atoms with Gasteiger partial charge in [-0.15, -0.1) is 0 Å². The van der Waals surface area contributed by atoms with Gasteiger partial charge in [-0.25, -0.2) is 0 Å². The van der Waals surface area contributed by atoms with E-state index < -0.39 is 0 Å². The first kappa shape index (κ1) is 3.81. The summed E-state index contributed by atoms with van der Waals surface area (Å²) in [7, 11) is 0. The molecular formula is B6Pr-2. The van der Waals surface area contributed by atoms with Gasteiger partial charge in [-0.1, -0.05) is 0 Å². The van der Waals surface area contributed by atoms with Gasteiger partial charge in [0, 0.05) is 41.3 Å². The van der Waals surface area contributed by atoms with Crippen LogP contribution < -0.4 is 0 Å². The van der Waals surface area contributed by atoms with E-state index in [-0.39, 0.29) is 41.3 Å². The minimum absolute atomic E-state index is 0.